The molecule has 1 saturated heterocycles. The van der Waals surface area contributed by atoms with Gasteiger partial charge in [-0.25, -0.2) is 0 Å². The van der Waals surface area contributed by atoms with E-state index in [1.54, 1.807) is 0 Å². The molecule has 0 spiro atoms. The topological polar surface area (TPSA) is 56.7 Å². The van der Waals surface area contributed by atoms with Gasteiger partial charge in [-0.2, -0.15) is 0 Å². The summed E-state index contributed by atoms with van der Waals surface area (Å²) in [5.74, 6) is -0.932. The Bertz CT molecular complexity index is 610. The summed E-state index contributed by atoms with van der Waals surface area (Å²) in [6.07, 6.45) is 2.17. The van der Waals surface area contributed by atoms with E-state index >= 15 is 0 Å². The highest BCUT2D eigenvalue weighted by atomic mass is 16.4. The first kappa shape index (κ1) is 12.2. The highest BCUT2D eigenvalue weighted by Crippen LogP contribution is 2.24. The molecule has 1 aliphatic rings. The Kier molecular flexibility index (Phi) is 2.99. The van der Waals surface area contributed by atoms with Gasteiger partial charge in [0.1, 0.15) is 11.5 Å². The summed E-state index contributed by atoms with van der Waals surface area (Å²) in [4.78, 5) is 11.5. The second kappa shape index (κ2) is 4.67. The molecule has 2 N–H and O–H groups in total. The van der Waals surface area contributed by atoms with E-state index in [-0.39, 0.29) is 0 Å². The fraction of sp³-hybridized carbons (Fsp3) is 0.312. The maximum absolute atomic E-state index is 11.5. The Morgan fingerprint density at radius 3 is 2.74 bits per heavy atom. The van der Waals surface area contributed by atoms with Crippen molar-refractivity contribution >= 4 is 16.7 Å². The van der Waals surface area contributed by atoms with Gasteiger partial charge in [0.05, 0.1) is 6.54 Å². The van der Waals surface area contributed by atoms with Crippen molar-refractivity contribution in [3.8, 4) is 0 Å². The van der Waals surface area contributed by atoms with Crippen LogP contribution in [0, 0.1) is 0 Å². The Morgan fingerprint density at radius 1 is 1.21 bits per heavy atom. The molecule has 98 valence electrons. The number of carboxylic acid groups (broad SMARTS) is 1. The van der Waals surface area contributed by atoms with Gasteiger partial charge in [0.15, 0.2) is 0 Å². The van der Waals surface area contributed by atoms with Crippen LogP contribution in [0.1, 0.15) is 18.4 Å². The van der Waals surface area contributed by atoms with Crippen molar-refractivity contribution in [2.75, 3.05) is 6.54 Å². The van der Waals surface area contributed by atoms with Crippen LogP contribution in [0.15, 0.2) is 42.5 Å². The SMILES string of the molecule is O=C([O-])[C@@]1(Cc2cccc3ccccc23)CCC[NH2+]1. The molecule has 0 aliphatic carbocycles. The lowest BCUT2D eigenvalue weighted by atomic mass is 9.87. The molecule has 0 saturated carbocycles. The van der Waals surface area contributed by atoms with Gasteiger partial charge in [-0.3, -0.25) is 0 Å². The van der Waals surface area contributed by atoms with E-state index in [0.29, 0.717) is 12.8 Å². The van der Waals surface area contributed by atoms with E-state index in [1.165, 1.54) is 0 Å². The predicted molar refractivity (Wildman–Crippen MR) is 71.4 cm³/mol. The summed E-state index contributed by atoms with van der Waals surface area (Å²) >= 11 is 0. The van der Waals surface area contributed by atoms with E-state index < -0.39 is 11.5 Å². The summed E-state index contributed by atoms with van der Waals surface area (Å²) in [7, 11) is 0. The summed E-state index contributed by atoms with van der Waals surface area (Å²) in [6, 6.07) is 14.2. The van der Waals surface area contributed by atoms with Crippen molar-refractivity contribution in [3.63, 3.8) is 0 Å². The van der Waals surface area contributed by atoms with E-state index in [2.05, 4.69) is 18.2 Å². The lowest BCUT2D eigenvalue weighted by Gasteiger charge is -2.27. The average Bonchev–Trinajstić information content (AvgIpc) is 2.89. The number of carbonyl (C=O) groups is 1. The number of quaternary nitrogens is 1. The maximum atomic E-state index is 11.5. The molecule has 1 heterocycles. The third kappa shape index (κ3) is 2.10. The molecule has 3 heteroatoms. The molecule has 2 aromatic carbocycles. The normalized spacial score (nSPS) is 22.7. The van der Waals surface area contributed by atoms with Crippen LogP contribution in [-0.4, -0.2) is 18.1 Å². The van der Waals surface area contributed by atoms with Crippen molar-refractivity contribution in [1.82, 2.24) is 0 Å². The second-order valence-electron chi connectivity index (χ2n) is 5.35. The lowest BCUT2D eigenvalue weighted by molar-refractivity contribution is -0.700. The summed E-state index contributed by atoms with van der Waals surface area (Å²) in [5, 5.41) is 15.8. The van der Waals surface area contributed by atoms with Gasteiger partial charge < -0.3 is 15.2 Å². The molecular weight excluding hydrogens is 238 g/mol. The lowest BCUT2D eigenvalue weighted by Crippen LogP contribution is -2.97. The largest absolute Gasteiger partial charge is 0.544 e. The monoisotopic (exact) mass is 255 g/mol. The van der Waals surface area contributed by atoms with Crippen LogP contribution in [-0.2, 0) is 11.2 Å². The average molecular weight is 255 g/mol. The fourth-order valence-electron chi connectivity index (χ4n) is 3.10. The molecular formula is C16H17NO2. The second-order valence-corrected chi connectivity index (χ2v) is 5.35. The zero-order valence-electron chi connectivity index (χ0n) is 10.8. The third-order valence-corrected chi connectivity index (χ3v) is 4.15. The van der Waals surface area contributed by atoms with Crippen LogP contribution in [0.4, 0.5) is 0 Å². The van der Waals surface area contributed by atoms with Crippen molar-refractivity contribution in [2.45, 2.75) is 24.8 Å². The Morgan fingerprint density at radius 2 is 2.00 bits per heavy atom. The number of hydrogen-bond acceptors (Lipinski definition) is 2. The number of fused-ring (bicyclic) bond motifs is 1. The third-order valence-electron chi connectivity index (χ3n) is 4.15. The minimum atomic E-state index is -0.932. The van der Waals surface area contributed by atoms with Crippen LogP contribution in [0.25, 0.3) is 10.8 Å². The first-order valence-electron chi connectivity index (χ1n) is 6.74. The zero-order chi connectivity index (χ0) is 13.3. The number of carbonyl (C=O) groups excluding carboxylic acids is 1. The number of rotatable bonds is 3. The Balaban J connectivity index is 2.03. The molecule has 0 aromatic heterocycles. The number of benzene rings is 2. The molecule has 1 fully saturated rings. The van der Waals surface area contributed by atoms with Crippen LogP contribution < -0.4 is 10.4 Å². The highest BCUT2D eigenvalue weighted by Gasteiger charge is 2.39. The minimum absolute atomic E-state index is 0.538. The smallest absolute Gasteiger partial charge is 0.140 e. The van der Waals surface area contributed by atoms with Crippen molar-refractivity contribution in [2.24, 2.45) is 0 Å². The molecule has 2 aromatic rings. The van der Waals surface area contributed by atoms with Crippen LogP contribution in [0.2, 0.25) is 0 Å². The molecule has 0 radical (unpaired) electrons. The molecule has 1 atom stereocenters. The predicted octanol–water partition coefficient (Wildman–Crippen LogP) is 0.228. The Labute approximate surface area is 112 Å². The van der Waals surface area contributed by atoms with Crippen LogP contribution in [0.3, 0.4) is 0 Å². The van der Waals surface area contributed by atoms with Gasteiger partial charge in [0.25, 0.3) is 0 Å². The molecule has 0 unspecified atom stereocenters. The Hall–Kier alpha value is -1.87. The van der Waals surface area contributed by atoms with E-state index in [9.17, 15) is 9.90 Å². The first-order chi connectivity index (χ1) is 9.21. The van der Waals surface area contributed by atoms with Crippen molar-refractivity contribution in [3.05, 3.63) is 48.0 Å². The summed E-state index contributed by atoms with van der Waals surface area (Å²) < 4.78 is 0. The van der Waals surface area contributed by atoms with E-state index in [0.717, 1.165) is 29.3 Å². The number of aliphatic carboxylic acids is 1. The van der Waals surface area contributed by atoms with Gasteiger partial charge in [0, 0.05) is 19.3 Å². The number of hydrogen-bond donors (Lipinski definition) is 1. The molecule has 0 amide bonds. The molecule has 1 aliphatic heterocycles. The molecule has 19 heavy (non-hydrogen) atoms. The standard InChI is InChI=1S/C16H17NO2/c18-15(19)16(9-4-10-17-16)11-13-7-3-6-12-5-1-2-8-14(12)13/h1-3,5-8,17H,4,9-11H2,(H,18,19)/t16-/m0/s1. The number of nitrogens with two attached hydrogens (primary N) is 1. The van der Waals surface area contributed by atoms with Crippen LogP contribution in [0.5, 0.6) is 0 Å². The molecule has 0 bridgehead atoms. The van der Waals surface area contributed by atoms with Gasteiger partial charge in [0.2, 0.25) is 0 Å². The molecule has 3 nitrogen and oxygen atoms in total. The van der Waals surface area contributed by atoms with Gasteiger partial charge >= 0.3 is 0 Å². The van der Waals surface area contributed by atoms with Gasteiger partial charge in [-0.15, -0.1) is 0 Å². The molecule has 3 rings (SSSR count). The maximum Gasteiger partial charge on any atom is 0.140 e. The van der Waals surface area contributed by atoms with Crippen molar-refractivity contribution < 1.29 is 15.2 Å². The van der Waals surface area contributed by atoms with Crippen LogP contribution >= 0.6 is 0 Å². The zero-order valence-corrected chi connectivity index (χ0v) is 10.8. The van der Waals surface area contributed by atoms with Gasteiger partial charge in [-0.05, 0) is 16.3 Å². The highest BCUT2D eigenvalue weighted by molar-refractivity contribution is 5.86. The van der Waals surface area contributed by atoms with E-state index in [1.807, 2.05) is 29.6 Å². The number of carboxylic acids is 1. The van der Waals surface area contributed by atoms with E-state index in [4.69, 9.17) is 0 Å². The minimum Gasteiger partial charge on any atom is -0.544 e. The van der Waals surface area contributed by atoms with Crippen molar-refractivity contribution in [1.29, 1.82) is 0 Å². The fourth-order valence-corrected chi connectivity index (χ4v) is 3.10. The summed E-state index contributed by atoms with van der Waals surface area (Å²) in [6.45, 7) is 0.874. The quantitative estimate of drug-likeness (QED) is 0.853. The first-order valence-corrected chi connectivity index (χ1v) is 6.74. The summed E-state index contributed by atoms with van der Waals surface area (Å²) in [5.41, 5.74) is 0.324. The van der Waals surface area contributed by atoms with Gasteiger partial charge in [-0.1, -0.05) is 42.5 Å².